The average Bonchev–Trinajstić information content (AvgIpc) is 3.22. The Bertz CT molecular complexity index is 1180. The van der Waals surface area contributed by atoms with Crippen LogP contribution in [0.15, 0.2) is 66.7 Å². The molecule has 1 aliphatic rings. The molecule has 0 aliphatic carbocycles. The Labute approximate surface area is 199 Å². The van der Waals surface area contributed by atoms with Crippen LogP contribution in [-0.2, 0) is 17.9 Å². The number of rotatable bonds is 9. The fraction of sp³-hybridized carbons (Fsp3) is 0.259. The smallest absolute Gasteiger partial charge is 0.255 e. The van der Waals surface area contributed by atoms with E-state index < -0.39 is 6.04 Å². The zero-order valence-electron chi connectivity index (χ0n) is 19.5. The molecule has 2 amide bonds. The Balaban J connectivity index is 1.56. The number of fused-ring (bicyclic) bond motifs is 1. The molecule has 7 nitrogen and oxygen atoms in total. The maximum Gasteiger partial charge on any atom is 0.255 e. The van der Waals surface area contributed by atoms with Crippen LogP contribution in [0.2, 0.25) is 0 Å². The van der Waals surface area contributed by atoms with Crippen molar-refractivity contribution < 1.29 is 23.8 Å². The van der Waals surface area contributed by atoms with Gasteiger partial charge in [0.2, 0.25) is 5.91 Å². The van der Waals surface area contributed by atoms with Crippen LogP contribution in [0, 0.1) is 0 Å². The molecule has 1 N–H and O–H groups in total. The van der Waals surface area contributed by atoms with Crippen LogP contribution in [0.1, 0.15) is 39.5 Å². The SMILES string of the molecule is COc1ccc(CNC(=O)C[C@@H](c2ccc(OC)c(OC)c2)N2Cc3ccccc3C2=O)cc1. The summed E-state index contributed by atoms with van der Waals surface area (Å²) in [6.45, 7) is 0.829. The van der Waals surface area contributed by atoms with E-state index in [-0.39, 0.29) is 18.2 Å². The minimum Gasteiger partial charge on any atom is -0.497 e. The molecule has 3 aromatic carbocycles. The topological polar surface area (TPSA) is 77.1 Å². The molecule has 1 heterocycles. The Morgan fingerprint density at radius 2 is 1.68 bits per heavy atom. The summed E-state index contributed by atoms with van der Waals surface area (Å²) < 4.78 is 16.0. The largest absolute Gasteiger partial charge is 0.497 e. The summed E-state index contributed by atoms with van der Waals surface area (Å²) in [5, 5.41) is 2.97. The van der Waals surface area contributed by atoms with E-state index in [4.69, 9.17) is 14.2 Å². The van der Waals surface area contributed by atoms with E-state index in [9.17, 15) is 9.59 Å². The second-order valence-electron chi connectivity index (χ2n) is 8.05. The Hall–Kier alpha value is -4.00. The van der Waals surface area contributed by atoms with E-state index in [1.807, 2.05) is 60.7 Å². The van der Waals surface area contributed by atoms with Crippen molar-refractivity contribution in [2.45, 2.75) is 25.6 Å². The number of carbonyl (C=O) groups is 2. The number of ether oxygens (including phenoxy) is 3. The normalized spacial score (nSPS) is 13.3. The minimum atomic E-state index is -0.462. The van der Waals surface area contributed by atoms with Gasteiger partial charge in [0.25, 0.3) is 5.91 Å². The van der Waals surface area contributed by atoms with Gasteiger partial charge in [0, 0.05) is 18.7 Å². The lowest BCUT2D eigenvalue weighted by Gasteiger charge is -2.28. The first-order valence-corrected chi connectivity index (χ1v) is 11.0. The third-order valence-corrected chi connectivity index (χ3v) is 6.05. The van der Waals surface area contributed by atoms with Crippen LogP contribution < -0.4 is 19.5 Å². The first-order chi connectivity index (χ1) is 16.5. The molecule has 0 bridgehead atoms. The van der Waals surface area contributed by atoms with Gasteiger partial charge in [0.05, 0.1) is 33.8 Å². The number of hydrogen-bond acceptors (Lipinski definition) is 5. The molecule has 0 saturated carbocycles. The zero-order chi connectivity index (χ0) is 24.1. The van der Waals surface area contributed by atoms with Gasteiger partial charge in [-0.05, 0) is 47.0 Å². The monoisotopic (exact) mass is 460 g/mol. The lowest BCUT2D eigenvalue weighted by molar-refractivity contribution is -0.122. The fourth-order valence-electron chi connectivity index (χ4n) is 4.19. The summed E-state index contributed by atoms with van der Waals surface area (Å²) in [4.78, 5) is 28.0. The number of benzene rings is 3. The molecular weight excluding hydrogens is 432 g/mol. The van der Waals surface area contributed by atoms with Crippen LogP contribution in [0.5, 0.6) is 17.2 Å². The van der Waals surface area contributed by atoms with E-state index in [0.717, 1.165) is 22.4 Å². The molecule has 0 spiro atoms. The highest BCUT2D eigenvalue weighted by molar-refractivity contribution is 5.98. The quantitative estimate of drug-likeness (QED) is 0.520. The summed E-state index contributed by atoms with van der Waals surface area (Å²) in [7, 11) is 4.75. The van der Waals surface area contributed by atoms with E-state index in [0.29, 0.717) is 30.2 Å². The molecule has 3 aromatic rings. The predicted octanol–water partition coefficient (Wildman–Crippen LogP) is 4.12. The highest BCUT2D eigenvalue weighted by atomic mass is 16.5. The Morgan fingerprint density at radius 1 is 0.941 bits per heavy atom. The molecule has 1 atom stereocenters. The highest BCUT2D eigenvalue weighted by Crippen LogP contribution is 2.37. The van der Waals surface area contributed by atoms with Crippen LogP contribution in [0.25, 0.3) is 0 Å². The molecule has 0 radical (unpaired) electrons. The van der Waals surface area contributed by atoms with Crippen LogP contribution in [0.4, 0.5) is 0 Å². The van der Waals surface area contributed by atoms with Crippen molar-refractivity contribution in [2.75, 3.05) is 21.3 Å². The van der Waals surface area contributed by atoms with Crippen LogP contribution in [0.3, 0.4) is 0 Å². The zero-order valence-corrected chi connectivity index (χ0v) is 19.5. The van der Waals surface area contributed by atoms with Gasteiger partial charge < -0.3 is 24.4 Å². The van der Waals surface area contributed by atoms with Crippen molar-refractivity contribution >= 4 is 11.8 Å². The molecule has 0 saturated heterocycles. The fourth-order valence-corrected chi connectivity index (χ4v) is 4.19. The van der Waals surface area contributed by atoms with Gasteiger partial charge >= 0.3 is 0 Å². The summed E-state index contributed by atoms with van der Waals surface area (Å²) in [5.41, 5.74) is 3.39. The van der Waals surface area contributed by atoms with E-state index >= 15 is 0 Å². The Morgan fingerprint density at radius 3 is 2.35 bits per heavy atom. The lowest BCUT2D eigenvalue weighted by atomic mass is 10.0. The number of nitrogens with zero attached hydrogens (tertiary/aromatic N) is 1. The van der Waals surface area contributed by atoms with Crippen molar-refractivity contribution in [3.8, 4) is 17.2 Å². The maximum absolute atomic E-state index is 13.2. The van der Waals surface area contributed by atoms with E-state index in [1.165, 1.54) is 0 Å². The molecular formula is C27H28N2O5. The highest BCUT2D eigenvalue weighted by Gasteiger charge is 2.34. The van der Waals surface area contributed by atoms with Gasteiger partial charge in [0.1, 0.15) is 5.75 Å². The van der Waals surface area contributed by atoms with Gasteiger partial charge in [-0.1, -0.05) is 36.4 Å². The van der Waals surface area contributed by atoms with E-state index in [2.05, 4.69) is 5.32 Å². The average molecular weight is 461 g/mol. The number of methoxy groups -OCH3 is 3. The lowest BCUT2D eigenvalue weighted by Crippen LogP contribution is -2.34. The molecule has 0 aromatic heterocycles. The maximum atomic E-state index is 13.2. The van der Waals surface area contributed by atoms with Gasteiger partial charge in [-0.15, -0.1) is 0 Å². The number of amides is 2. The predicted molar refractivity (Wildman–Crippen MR) is 128 cm³/mol. The number of nitrogens with one attached hydrogen (secondary N) is 1. The van der Waals surface area contributed by atoms with Gasteiger partial charge in [-0.3, -0.25) is 9.59 Å². The van der Waals surface area contributed by atoms with E-state index in [1.54, 1.807) is 32.3 Å². The summed E-state index contributed by atoms with van der Waals surface area (Å²) in [5.74, 6) is 1.66. The van der Waals surface area contributed by atoms with Crippen molar-refractivity contribution in [3.05, 3.63) is 89.0 Å². The Kier molecular flexibility index (Phi) is 7.01. The third-order valence-electron chi connectivity index (χ3n) is 6.05. The molecule has 0 unspecified atom stereocenters. The van der Waals surface area contributed by atoms with Crippen LogP contribution >= 0.6 is 0 Å². The first kappa shape index (κ1) is 23.2. The van der Waals surface area contributed by atoms with Crippen LogP contribution in [-0.4, -0.2) is 38.0 Å². The summed E-state index contributed by atoms with van der Waals surface area (Å²) >= 11 is 0. The van der Waals surface area contributed by atoms with Crippen molar-refractivity contribution in [1.82, 2.24) is 10.2 Å². The van der Waals surface area contributed by atoms with Crippen molar-refractivity contribution in [1.29, 1.82) is 0 Å². The molecule has 1 aliphatic heterocycles. The van der Waals surface area contributed by atoms with Gasteiger partial charge in [0.15, 0.2) is 11.5 Å². The van der Waals surface area contributed by atoms with Crippen molar-refractivity contribution in [2.24, 2.45) is 0 Å². The van der Waals surface area contributed by atoms with Gasteiger partial charge in [-0.25, -0.2) is 0 Å². The third kappa shape index (κ3) is 4.83. The van der Waals surface area contributed by atoms with Crippen molar-refractivity contribution in [3.63, 3.8) is 0 Å². The standard InChI is InChI=1S/C27H28N2O5/c1-32-21-11-8-18(9-12-21)16-28-26(30)15-23(19-10-13-24(33-2)25(14-19)34-3)29-17-20-6-4-5-7-22(20)27(29)31/h4-14,23H,15-17H2,1-3H3,(H,28,30)/t23-/m0/s1. The molecule has 34 heavy (non-hydrogen) atoms. The molecule has 7 heteroatoms. The number of hydrogen-bond donors (Lipinski definition) is 1. The second kappa shape index (κ2) is 10.3. The second-order valence-corrected chi connectivity index (χ2v) is 8.05. The summed E-state index contributed by atoms with van der Waals surface area (Å²) in [6, 6.07) is 20.1. The summed E-state index contributed by atoms with van der Waals surface area (Å²) in [6.07, 6.45) is 0.116. The molecule has 0 fully saturated rings. The van der Waals surface area contributed by atoms with Gasteiger partial charge in [-0.2, -0.15) is 0 Å². The molecule has 4 rings (SSSR count). The number of carbonyl (C=O) groups excluding carboxylic acids is 2. The minimum absolute atomic E-state index is 0.0849. The molecule has 176 valence electrons. The first-order valence-electron chi connectivity index (χ1n) is 11.0.